The van der Waals surface area contributed by atoms with Crippen LogP contribution in [0, 0.1) is 0 Å². The van der Waals surface area contributed by atoms with Crippen LogP contribution >= 0.6 is 0 Å². The van der Waals surface area contributed by atoms with Gasteiger partial charge < -0.3 is 10.2 Å². The van der Waals surface area contributed by atoms with Crippen molar-refractivity contribution in [2.75, 3.05) is 21.1 Å². The summed E-state index contributed by atoms with van der Waals surface area (Å²) in [7, 11) is 6.46. The Balaban J connectivity index is 2.51. The minimum absolute atomic E-state index is 0.136. The van der Waals surface area contributed by atoms with Crippen LogP contribution in [-0.2, 0) is 0 Å². The van der Waals surface area contributed by atoms with E-state index in [1.807, 2.05) is 0 Å². The Morgan fingerprint density at radius 1 is 1.00 bits per heavy atom. The molecule has 0 amide bonds. The second-order valence-electron chi connectivity index (χ2n) is 6.03. The molecule has 0 aliphatic heterocycles. The molecule has 1 atom stereocenters. The van der Waals surface area contributed by atoms with Gasteiger partial charge in [-0.1, -0.05) is 50.2 Å². The van der Waals surface area contributed by atoms with Crippen LogP contribution in [0.15, 0.2) is 42.5 Å². The van der Waals surface area contributed by atoms with Crippen LogP contribution in [0.25, 0.3) is 10.8 Å². The number of hydrogen-bond donors (Lipinski definition) is 1. The van der Waals surface area contributed by atoms with Gasteiger partial charge in [0.25, 0.3) is 0 Å². The molecule has 0 saturated carbocycles. The highest BCUT2D eigenvalue weighted by Gasteiger charge is 2.37. The minimum atomic E-state index is 0.136. The standard InChI is InChI=1S/C19H28N2/c1-6-19(7-2,21(4)5)18(20-3)17-13-12-15-10-8-9-11-16(15)14-17/h8-14,18,20H,6-7H2,1-5H3. The Bertz CT molecular complexity index is 585. The summed E-state index contributed by atoms with van der Waals surface area (Å²) in [6, 6.07) is 15.7. The summed E-state index contributed by atoms with van der Waals surface area (Å²) in [4.78, 5) is 2.38. The molecule has 1 N–H and O–H groups in total. The van der Waals surface area contributed by atoms with E-state index in [0.29, 0.717) is 6.04 Å². The molecule has 0 aliphatic carbocycles. The van der Waals surface area contributed by atoms with Crippen molar-refractivity contribution in [2.24, 2.45) is 0 Å². The first-order valence-electron chi connectivity index (χ1n) is 7.92. The predicted molar refractivity (Wildman–Crippen MR) is 92.7 cm³/mol. The summed E-state index contributed by atoms with van der Waals surface area (Å²) < 4.78 is 0. The number of nitrogens with one attached hydrogen (secondary N) is 1. The summed E-state index contributed by atoms with van der Waals surface area (Å²) in [6.07, 6.45) is 2.24. The first-order chi connectivity index (χ1) is 10.1. The van der Waals surface area contributed by atoms with Crippen molar-refractivity contribution in [3.63, 3.8) is 0 Å². The fourth-order valence-electron chi connectivity index (χ4n) is 3.68. The lowest BCUT2D eigenvalue weighted by molar-refractivity contribution is 0.0918. The van der Waals surface area contributed by atoms with Crippen molar-refractivity contribution in [2.45, 2.75) is 38.3 Å². The molecule has 0 radical (unpaired) electrons. The Labute approximate surface area is 129 Å². The number of nitrogens with zero attached hydrogens (tertiary/aromatic N) is 1. The van der Waals surface area contributed by atoms with Crippen molar-refractivity contribution in [3.8, 4) is 0 Å². The maximum Gasteiger partial charge on any atom is 0.0504 e. The number of benzene rings is 2. The zero-order chi connectivity index (χ0) is 15.5. The van der Waals surface area contributed by atoms with Crippen molar-refractivity contribution < 1.29 is 0 Å². The number of likely N-dealkylation sites (N-methyl/N-ethyl adjacent to an activating group) is 2. The van der Waals surface area contributed by atoms with Gasteiger partial charge in [-0.05, 0) is 56.4 Å². The molecule has 0 aromatic heterocycles. The van der Waals surface area contributed by atoms with E-state index in [1.165, 1.54) is 16.3 Å². The van der Waals surface area contributed by atoms with E-state index in [2.05, 4.69) is 87.7 Å². The molecule has 2 nitrogen and oxygen atoms in total. The van der Waals surface area contributed by atoms with Gasteiger partial charge in [-0.15, -0.1) is 0 Å². The fourth-order valence-corrected chi connectivity index (χ4v) is 3.68. The molecule has 0 fully saturated rings. The highest BCUT2D eigenvalue weighted by atomic mass is 15.2. The quantitative estimate of drug-likeness (QED) is 0.854. The number of rotatable bonds is 6. The van der Waals surface area contributed by atoms with Crippen molar-refractivity contribution >= 4 is 10.8 Å². The SMILES string of the molecule is CCC(CC)(C(NC)c1ccc2ccccc2c1)N(C)C. The summed E-state index contributed by atoms with van der Waals surface area (Å²) in [5.41, 5.74) is 1.51. The molecule has 2 aromatic rings. The molecule has 21 heavy (non-hydrogen) atoms. The first kappa shape index (κ1) is 16.0. The third-order valence-electron chi connectivity index (χ3n) is 5.05. The van der Waals surface area contributed by atoms with Crippen molar-refractivity contribution in [1.82, 2.24) is 10.2 Å². The topological polar surface area (TPSA) is 15.3 Å². The minimum Gasteiger partial charge on any atom is -0.311 e. The average Bonchev–Trinajstić information content (AvgIpc) is 2.52. The molecular weight excluding hydrogens is 256 g/mol. The van der Waals surface area contributed by atoms with Gasteiger partial charge in [0.1, 0.15) is 0 Å². The van der Waals surface area contributed by atoms with Crippen LogP contribution in [0.5, 0.6) is 0 Å². The monoisotopic (exact) mass is 284 g/mol. The molecule has 2 heteroatoms. The fraction of sp³-hybridized carbons (Fsp3) is 0.474. The van der Waals surface area contributed by atoms with Gasteiger partial charge in [0.2, 0.25) is 0 Å². The van der Waals surface area contributed by atoms with Gasteiger partial charge in [0.15, 0.2) is 0 Å². The molecule has 0 aliphatic rings. The molecule has 2 aromatic carbocycles. The van der Waals surface area contributed by atoms with Gasteiger partial charge in [0, 0.05) is 5.54 Å². The second kappa shape index (κ2) is 6.59. The van der Waals surface area contributed by atoms with Crippen LogP contribution in [-0.4, -0.2) is 31.6 Å². The van der Waals surface area contributed by atoms with Crippen LogP contribution in [0.2, 0.25) is 0 Å². The molecule has 2 rings (SSSR count). The zero-order valence-electron chi connectivity index (χ0n) is 14.0. The van der Waals surface area contributed by atoms with E-state index in [4.69, 9.17) is 0 Å². The molecule has 0 bridgehead atoms. The van der Waals surface area contributed by atoms with Gasteiger partial charge in [-0.3, -0.25) is 0 Å². The van der Waals surface area contributed by atoms with Crippen molar-refractivity contribution in [3.05, 3.63) is 48.0 Å². The van der Waals surface area contributed by atoms with Crippen LogP contribution in [0.4, 0.5) is 0 Å². The average molecular weight is 284 g/mol. The van der Waals surface area contributed by atoms with Crippen LogP contribution in [0.3, 0.4) is 0 Å². The molecule has 0 spiro atoms. The summed E-state index contributed by atoms with van der Waals surface area (Å²) in [6.45, 7) is 4.57. The predicted octanol–water partition coefficient (Wildman–Crippen LogP) is 4.22. The largest absolute Gasteiger partial charge is 0.311 e. The van der Waals surface area contributed by atoms with Crippen LogP contribution in [0.1, 0.15) is 38.3 Å². The zero-order valence-corrected chi connectivity index (χ0v) is 14.0. The van der Waals surface area contributed by atoms with E-state index in [0.717, 1.165) is 12.8 Å². The Morgan fingerprint density at radius 2 is 1.62 bits per heavy atom. The lowest BCUT2D eigenvalue weighted by Gasteiger charge is -2.45. The Morgan fingerprint density at radius 3 is 2.14 bits per heavy atom. The van der Waals surface area contributed by atoms with Gasteiger partial charge in [0.05, 0.1) is 6.04 Å². The highest BCUT2D eigenvalue weighted by Crippen LogP contribution is 2.36. The molecular formula is C19H28N2. The smallest absolute Gasteiger partial charge is 0.0504 e. The molecule has 114 valence electrons. The molecule has 0 saturated heterocycles. The summed E-state index contributed by atoms with van der Waals surface area (Å²) >= 11 is 0. The van der Waals surface area contributed by atoms with Crippen molar-refractivity contribution in [1.29, 1.82) is 0 Å². The lowest BCUT2D eigenvalue weighted by Crippen LogP contribution is -2.52. The second-order valence-corrected chi connectivity index (χ2v) is 6.03. The molecule has 1 unspecified atom stereocenters. The lowest BCUT2D eigenvalue weighted by atomic mass is 9.79. The van der Waals surface area contributed by atoms with Crippen LogP contribution < -0.4 is 5.32 Å². The number of hydrogen-bond acceptors (Lipinski definition) is 2. The normalized spacial score (nSPS) is 13.8. The third kappa shape index (κ3) is 2.83. The Kier molecular flexibility index (Phi) is 5.02. The highest BCUT2D eigenvalue weighted by molar-refractivity contribution is 5.83. The molecule has 0 heterocycles. The summed E-state index contributed by atoms with van der Waals surface area (Å²) in [5.74, 6) is 0. The van der Waals surface area contributed by atoms with Gasteiger partial charge in [-0.25, -0.2) is 0 Å². The maximum atomic E-state index is 3.57. The third-order valence-corrected chi connectivity index (χ3v) is 5.05. The first-order valence-corrected chi connectivity index (χ1v) is 7.92. The van der Waals surface area contributed by atoms with Gasteiger partial charge in [-0.2, -0.15) is 0 Å². The number of fused-ring (bicyclic) bond motifs is 1. The van der Waals surface area contributed by atoms with E-state index >= 15 is 0 Å². The summed E-state index contributed by atoms with van der Waals surface area (Å²) in [5, 5.41) is 6.19. The Hall–Kier alpha value is -1.38. The van der Waals surface area contributed by atoms with E-state index in [-0.39, 0.29) is 5.54 Å². The van der Waals surface area contributed by atoms with E-state index < -0.39 is 0 Å². The van der Waals surface area contributed by atoms with E-state index in [9.17, 15) is 0 Å². The van der Waals surface area contributed by atoms with E-state index in [1.54, 1.807) is 0 Å². The van der Waals surface area contributed by atoms with Gasteiger partial charge >= 0.3 is 0 Å². The maximum absolute atomic E-state index is 3.57.